The van der Waals surface area contributed by atoms with Crippen molar-refractivity contribution in [2.24, 2.45) is 7.05 Å². The van der Waals surface area contributed by atoms with Crippen LogP contribution in [0.1, 0.15) is 47.8 Å². The summed E-state index contributed by atoms with van der Waals surface area (Å²) in [4.78, 5) is 16.6. The molecule has 0 radical (unpaired) electrons. The van der Waals surface area contributed by atoms with Crippen molar-refractivity contribution in [2.45, 2.75) is 31.2 Å². The number of fused-ring (bicyclic) bond motifs is 1. The Bertz CT molecular complexity index is 943. The molecule has 1 aromatic carbocycles. The summed E-state index contributed by atoms with van der Waals surface area (Å²) in [5, 5.41) is 7.43. The third-order valence-corrected chi connectivity index (χ3v) is 4.79. The molecule has 130 valence electrons. The molecule has 0 saturated heterocycles. The van der Waals surface area contributed by atoms with Gasteiger partial charge >= 0.3 is 6.43 Å². The molecule has 1 aliphatic rings. The smallest absolute Gasteiger partial charge is 0.315 e. The number of hydrogen-bond donors (Lipinski definition) is 1. The van der Waals surface area contributed by atoms with Crippen molar-refractivity contribution in [3.8, 4) is 0 Å². The average molecular weight is 346 g/mol. The van der Waals surface area contributed by atoms with Gasteiger partial charge in [0.15, 0.2) is 5.82 Å². The number of rotatable bonds is 4. The zero-order chi connectivity index (χ0) is 17.6. The van der Waals surface area contributed by atoms with Crippen LogP contribution in [0.5, 0.6) is 0 Å². The Morgan fingerprint density at radius 2 is 2.16 bits per heavy atom. The molecule has 1 fully saturated rings. The molecule has 1 aliphatic carbocycles. The lowest BCUT2D eigenvalue weighted by Gasteiger charge is -2.39. The van der Waals surface area contributed by atoms with Gasteiger partial charge in [0.1, 0.15) is 5.54 Å². The summed E-state index contributed by atoms with van der Waals surface area (Å²) in [7, 11) is 1.91. The lowest BCUT2D eigenvalue weighted by atomic mass is 9.76. The van der Waals surface area contributed by atoms with Gasteiger partial charge < -0.3 is 14.4 Å². The summed E-state index contributed by atoms with van der Waals surface area (Å²) in [6.45, 7) is 0. The standard InChI is InChI=1S/C17H16F2N4O2/c1-23-9-6-10-11(4-2-5-12(10)23)14(24)21-17(7-3-8-17)16-20-15(13(18)19)25-22-16/h2,4-6,9,13H,3,7-8H2,1H3,(H,21,24). The second kappa shape index (κ2) is 5.65. The predicted octanol–water partition coefficient (Wildman–Crippen LogP) is 3.31. The quantitative estimate of drug-likeness (QED) is 0.787. The van der Waals surface area contributed by atoms with Crippen molar-refractivity contribution in [1.82, 2.24) is 20.0 Å². The molecule has 1 N–H and O–H groups in total. The van der Waals surface area contributed by atoms with Gasteiger partial charge in [0.2, 0.25) is 0 Å². The number of hydrogen-bond acceptors (Lipinski definition) is 4. The second-order valence-electron chi connectivity index (χ2n) is 6.31. The highest BCUT2D eigenvalue weighted by molar-refractivity contribution is 6.06. The summed E-state index contributed by atoms with van der Waals surface area (Å²) < 4.78 is 32.0. The van der Waals surface area contributed by atoms with Crippen LogP contribution in [0.4, 0.5) is 8.78 Å². The minimum absolute atomic E-state index is 0.114. The number of alkyl halides is 2. The van der Waals surface area contributed by atoms with E-state index in [-0.39, 0.29) is 11.7 Å². The van der Waals surface area contributed by atoms with Crippen LogP contribution in [0.2, 0.25) is 0 Å². The fourth-order valence-electron chi connectivity index (χ4n) is 3.24. The molecule has 2 aromatic heterocycles. The number of aromatic nitrogens is 3. The Morgan fingerprint density at radius 3 is 2.80 bits per heavy atom. The van der Waals surface area contributed by atoms with E-state index >= 15 is 0 Å². The van der Waals surface area contributed by atoms with Gasteiger partial charge in [-0.15, -0.1) is 0 Å². The Kier molecular flexibility index (Phi) is 3.55. The third kappa shape index (κ3) is 2.48. The van der Waals surface area contributed by atoms with Gasteiger partial charge in [0.25, 0.3) is 11.8 Å². The maximum Gasteiger partial charge on any atom is 0.315 e. The van der Waals surface area contributed by atoms with Crippen molar-refractivity contribution in [3.63, 3.8) is 0 Å². The van der Waals surface area contributed by atoms with Gasteiger partial charge in [-0.2, -0.15) is 13.8 Å². The maximum absolute atomic E-state index is 12.8. The molecule has 3 aromatic rings. The van der Waals surface area contributed by atoms with Crippen LogP contribution in [0, 0.1) is 0 Å². The van der Waals surface area contributed by atoms with E-state index < -0.39 is 17.9 Å². The molecule has 0 atom stereocenters. The van der Waals surface area contributed by atoms with Gasteiger partial charge in [0, 0.05) is 29.7 Å². The molecule has 8 heteroatoms. The largest absolute Gasteiger partial charge is 0.351 e. The Labute approximate surface area is 141 Å². The van der Waals surface area contributed by atoms with Gasteiger partial charge in [-0.1, -0.05) is 11.2 Å². The minimum atomic E-state index is -2.83. The van der Waals surface area contributed by atoms with Crippen molar-refractivity contribution < 1.29 is 18.1 Å². The first kappa shape index (κ1) is 15.7. The van der Waals surface area contributed by atoms with E-state index in [1.807, 2.05) is 36.0 Å². The van der Waals surface area contributed by atoms with E-state index in [1.165, 1.54) is 0 Å². The highest BCUT2D eigenvalue weighted by atomic mass is 19.3. The van der Waals surface area contributed by atoms with Gasteiger partial charge in [-0.25, -0.2) is 0 Å². The first-order valence-corrected chi connectivity index (χ1v) is 7.99. The predicted molar refractivity (Wildman–Crippen MR) is 85.2 cm³/mol. The number of halogens is 2. The van der Waals surface area contributed by atoms with Crippen molar-refractivity contribution >= 4 is 16.8 Å². The van der Waals surface area contributed by atoms with Gasteiger partial charge in [-0.05, 0) is 37.5 Å². The number of nitrogens with one attached hydrogen (secondary N) is 1. The van der Waals surface area contributed by atoms with Crippen LogP contribution < -0.4 is 5.32 Å². The third-order valence-electron chi connectivity index (χ3n) is 4.79. The molecule has 0 bridgehead atoms. The first-order chi connectivity index (χ1) is 12.0. The molecule has 6 nitrogen and oxygen atoms in total. The van der Waals surface area contributed by atoms with Gasteiger partial charge in [0.05, 0.1) is 0 Å². The topological polar surface area (TPSA) is 73.0 Å². The maximum atomic E-state index is 12.8. The zero-order valence-corrected chi connectivity index (χ0v) is 13.5. The first-order valence-electron chi connectivity index (χ1n) is 7.99. The van der Waals surface area contributed by atoms with Crippen LogP contribution in [-0.4, -0.2) is 20.6 Å². The van der Waals surface area contributed by atoms with Crippen LogP contribution in [-0.2, 0) is 12.6 Å². The van der Waals surface area contributed by atoms with E-state index in [9.17, 15) is 13.6 Å². The zero-order valence-electron chi connectivity index (χ0n) is 13.5. The molecule has 0 spiro atoms. The Hall–Kier alpha value is -2.77. The number of nitrogens with zero attached hydrogens (tertiary/aromatic N) is 3. The summed E-state index contributed by atoms with van der Waals surface area (Å²) in [6.07, 6.45) is 1.09. The van der Waals surface area contributed by atoms with Crippen LogP contribution in [0.25, 0.3) is 10.9 Å². The highest BCUT2D eigenvalue weighted by Gasteiger charge is 2.45. The fraction of sp³-hybridized carbons (Fsp3) is 0.353. The number of carbonyl (C=O) groups excluding carboxylic acids is 1. The normalized spacial score (nSPS) is 16.2. The van der Waals surface area contributed by atoms with Gasteiger partial charge in [-0.3, -0.25) is 4.79 Å². The highest BCUT2D eigenvalue weighted by Crippen LogP contribution is 2.40. The number of amides is 1. The molecule has 1 amide bonds. The molecule has 4 rings (SSSR count). The molecular weight excluding hydrogens is 330 g/mol. The van der Waals surface area contributed by atoms with E-state index in [2.05, 4.69) is 20.0 Å². The number of benzene rings is 1. The molecule has 0 aliphatic heterocycles. The molecular formula is C17H16F2N4O2. The molecule has 2 heterocycles. The van der Waals surface area contributed by atoms with Crippen LogP contribution in [0.3, 0.4) is 0 Å². The monoisotopic (exact) mass is 346 g/mol. The van der Waals surface area contributed by atoms with E-state index in [0.29, 0.717) is 18.4 Å². The molecule has 0 unspecified atom stereocenters. The van der Waals surface area contributed by atoms with Crippen LogP contribution in [0.15, 0.2) is 35.0 Å². The minimum Gasteiger partial charge on any atom is -0.351 e. The average Bonchev–Trinajstić information content (AvgIpc) is 3.18. The number of aryl methyl sites for hydroxylation is 1. The van der Waals surface area contributed by atoms with Crippen molar-refractivity contribution in [1.29, 1.82) is 0 Å². The van der Waals surface area contributed by atoms with E-state index in [1.54, 1.807) is 6.07 Å². The van der Waals surface area contributed by atoms with Crippen molar-refractivity contribution in [2.75, 3.05) is 0 Å². The fourth-order valence-corrected chi connectivity index (χ4v) is 3.24. The summed E-state index contributed by atoms with van der Waals surface area (Å²) in [5.41, 5.74) is 0.627. The Morgan fingerprint density at radius 1 is 1.36 bits per heavy atom. The SMILES string of the molecule is Cn1ccc2c(C(=O)NC3(c4noc(C(F)F)n4)CCC3)cccc21. The second-order valence-corrected chi connectivity index (χ2v) is 6.31. The van der Waals surface area contributed by atoms with E-state index in [0.717, 1.165) is 17.3 Å². The molecule has 25 heavy (non-hydrogen) atoms. The molecule has 1 saturated carbocycles. The number of carbonyl (C=O) groups is 1. The summed E-state index contributed by atoms with van der Waals surface area (Å²) in [5.74, 6) is -0.886. The van der Waals surface area contributed by atoms with Crippen molar-refractivity contribution in [3.05, 3.63) is 47.7 Å². The van der Waals surface area contributed by atoms with Crippen LogP contribution >= 0.6 is 0 Å². The van der Waals surface area contributed by atoms with E-state index in [4.69, 9.17) is 0 Å². The lowest BCUT2D eigenvalue weighted by molar-refractivity contribution is 0.0805. The summed E-state index contributed by atoms with van der Waals surface area (Å²) >= 11 is 0. The Balaban J connectivity index is 1.65. The lowest BCUT2D eigenvalue weighted by Crippen LogP contribution is -2.51. The summed E-state index contributed by atoms with van der Waals surface area (Å²) in [6, 6.07) is 7.36.